The number of carbonyl (C=O) groups excluding carboxylic acids is 1. The molecule has 0 radical (unpaired) electrons. The quantitative estimate of drug-likeness (QED) is 0.811. The van der Waals surface area contributed by atoms with E-state index in [1.807, 2.05) is 13.8 Å². The summed E-state index contributed by atoms with van der Waals surface area (Å²) in [5, 5.41) is 0. The molecule has 1 amide bonds. The number of likely N-dealkylation sites (N-methyl/N-ethyl adjacent to an activating group) is 1. The predicted octanol–water partition coefficient (Wildman–Crippen LogP) is 1.03. The topological polar surface area (TPSA) is 55.6 Å². The van der Waals surface area contributed by atoms with Crippen molar-refractivity contribution in [1.29, 1.82) is 0 Å². The maximum absolute atomic E-state index is 11.8. The van der Waals surface area contributed by atoms with Gasteiger partial charge in [0.2, 0.25) is 5.91 Å². The number of nitrogens with two attached hydrogens (primary N) is 1. The van der Waals surface area contributed by atoms with Crippen molar-refractivity contribution in [3.63, 3.8) is 0 Å². The van der Waals surface area contributed by atoms with Gasteiger partial charge in [-0.15, -0.1) is 12.4 Å². The number of carbonyl (C=O) groups is 1. The van der Waals surface area contributed by atoms with Gasteiger partial charge >= 0.3 is 0 Å². The lowest BCUT2D eigenvalue weighted by Crippen LogP contribution is -2.46. The summed E-state index contributed by atoms with van der Waals surface area (Å²) in [7, 11) is 1.80. The van der Waals surface area contributed by atoms with Crippen LogP contribution in [0, 0.1) is 5.92 Å². The lowest BCUT2D eigenvalue weighted by atomic mass is 10.0. The number of hydrogen-bond donors (Lipinski definition) is 1. The van der Waals surface area contributed by atoms with E-state index in [0.717, 1.165) is 19.4 Å². The van der Waals surface area contributed by atoms with Crippen molar-refractivity contribution >= 4 is 18.3 Å². The van der Waals surface area contributed by atoms with Gasteiger partial charge in [0, 0.05) is 20.2 Å². The van der Waals surface area contributed by atoms with Crippen LogP contribution in [0.4, 0.5) is 0 Å². The second-order valence-corrected chi connectivity index (χ2v) is 4.62. The fourth-order valence-corrected chi connectivity index (χ4v) is 1.72. The lowest BCUT2D eigenvalue weighted by Gasteiger charge is -2.25. The first-order valence-corrected chi connectivity index (χ1v) is 5.64. The number of rotatable bonds is 4. The van der Waals surface area contributed by atoms with E-state index in [9.17, 15) is 4.79 Å². The van der Waals surface area contributed by atoms with Crippen LogP contribution in [0.2, 0.25) is 0 Å². The minimum atomic E-state index is -0.392. The van der Waals surface area contributed by atoms with Gasteiger partial charge < -0.3 is 15.4 Å². The van der Waals surface area contributed by atoms with Crippen molar-refractivity contribution in [1.82, 2.24) is 4.90 Å². The molecule has 4 nitrogen and oxygen atoms in total. The van der Waals surface area contributed by atoms with Gasteiger partial charge in [-0.25, -0.2) is 0 Å². The molecule has 0 bridgehead atoms. The van der Waals surface area contributed by atoms with Gasteiger partial charge in [-0.05, 0) is 18.8 Å². The average molecular weight is 251 g/mol. The van der Waals surface area contributed by atoms with Crippen molar-refractivity contribution in [2.24, 2.45) is 11.7 Å². The highest BCUT2D eigenvalue weighted by molar-refractivity contribution is 5.85. The molecule has 1 aliphatic rings. The molecule has 0 aromatic rings. The van der Waals surface area contributed by atoms with Crippen LogP contribution < -0.4 is 5.73 Å². The summed E-state index contributed by atoms with van der Waals surface area (Å²) in [5.41, 5.74) is 5.80. The Morgan fingerprint density at radius 1 is 1.56 bits per heavy atom. The summed E-state index contributed by atoms with van der Waals surface area (Å²) in [6.07, 6.45) is 2.36. The molecule has 1 fully saturated rings. The van der Waals surface area contributed by atoms with Gasteiger partial charge in [0.05, 0.1) is 12.1 Å². The van der Waals surface area contributed by atoms with Gasteiger partial charge in [0.25, 0.3) is 0 Å². The molecule has 2 unspecified atom stereocenters. The fourth-order valence-electron chi connectivity index (χ4n) is 1.72. The van der Waals surface area contributed by atoms with Crippen LogP contribution in [0.15, 0.2) is 0 Å². The SMILES string of the molecule is CC(C)C(N)C(=O)N(C)CC1CCCO1.Cl. The zero-order valence-electron chi connectivity index (χ0n) is 10.3. The molecule has 96 valence electrons. The van der Waals surface area contributed by atoms with Crippen LogP contribution in [0.5, 0.6) is 0 Å². The first kappa shape index (κ1) is 15.7. The minimum Gasteiger partial charge on any atom is -0.376 e. The van der Waals surface area contributed by atoms with E-state index < -0.39 is 6.04 Å². The zero-order valence-corrected chi connectivity index (χ0v) is 11.1. The molecule has 0 aromatic carbocycles. The van der Waals surface area contributed by atoms with E-state index in [1.165, 1.54) is 0 Å². The third kappa shape index (κ3) is 4.28. The Balaban J connectivity index is 0.00000225. The van der Waals surface area contributed by atoms with Crippen molar-refractivity contribution in [2.45, 2.75) is 38.8 Å². The Hall–Kier alpha value is -0.320. The summed E-state index contributed by atoms with van der Waals surface area (Å²) >= 11 is 0. The summed E-state index contributed by atoms with van der Waals surface area (Å²) in [6.45, 7) is 5.41. The molecule has 1 rings (SSSR count). The molecular weight excluding hydrogens is 228 g/mol. The van der Waals surface area contributed by atoms with E-state index in [1.54, 1.807) is 11.9 Å². The Kier molecular flexibility index (Phi) is 6.95. The maximum Gasteiger partial charge on any atom is 0.239 e. The van der Waals surface area contributed by atoms with E-state index in [2.05, 4.69) is 0 Å². The van der Waals surface area contributed by atoms with Gasteiger partial charge in [-0.1, -0.05) is 13.8 Å². The van der Waals surface area contributed by atoms with Crippen LogP contribution in [-0.4, -0.2) is 43.2 Å². The normalized spacial score (nSPS) is 21.7. The molecule has 0 aromatic heterocycles. The molecular formula is C11H23ClN2O2. The van der Waals surface area contributed by atoms with Gasteiger partial charge in [-0.3, -0.25) is 4.79 Å². The molecule has 1 heterocycles. The maximum atomic E-state index is 11.8. The molecule has 16 heavy (non-hydrogen) atoms. The summed E-state index contributed by atoms with van der Waals surface area (Å²) in [4.78, 5) is 13.5. The Labute approximate surface area is 104 Å². The molecule has 0 saturated carbocycles. The highest BCUT2D eigenvalue weighted by atomic mass is 35.5. The highest BCUT2D eigenvalue weighted by Gasteiger charge is 2.24. The molecule has 2 N–H and O–H groups in total. The van der Waals surface area contributed by atoms with Crippen LogP contribution >= 0.6 is 12.4 Å². The molecule has 0 aliphatic carbocycles. The van der Waals surface area contributed by atoms with Crippen LogP contribution in [0.1, 0.15) is 26.7 Å². The first-order chi connectivity index (χ1) is 7.02. The molecule has 5 heteroatoms. The van der Waals surface area contributed by atoms with E-state index >= 15 is 0 Å². The van der Waals surface area contributed by atoms with Gasteiger partial charge in [0.1, 0.15) is 0 Å². The monoisotopic (exact) mass is 250 g/mol. The number of nitrogens with zero attached hydrogens (tertiary/aromatic N) is 1. The van der Waals surface area contributed by atoms with Gasteiger partial charge in [-0.2, -0.15) is 0 Å². The van der Waals surface area contributed by atoms with Crippen molar-refractivity contribution in [2.75, 3.05) is 20.2 Å². The van der Waals surface area contributed by atoms with Crippen molar-refractivity contribution in [3.05, 3.63) is 0 Å². The summed E-state index contributed by atoms with van der Waals surface area (Å²) in [5.74, 6) is 0.199. The second kappa shape index (κ2) is 7.09. The standard InChI is InChI=1S/C11H22N2O2.ClH/c1-8(2)10(12)11(14)13(3)7-9-5-4-6-15-9;/h8-10H,4-7,12H2,1-3H3;1H. The van der Waals surface area contributed by atoms with E-state index in [0.29, 0.717) is 6.54 Å². The predicted molar refractivity (Wildman–Crippen MR) is 66.7 cm³/mol. The number of amides is 1. The minimum absolute atomic E-state index is 0. The molecule has 1 aliphatic heterocycles. The Bertz CT molecular complexity index is 218. The Morgan fingerprint density at radius 3 is 2.62 bits per heavy atom. The summed E-state index contributed by atoms with van der Waals surface area (Å²) in [6, 6.07) is -0.392. The molecule has 1 saturated heterocycles. The fraction of sp³-hybridized carbons (Fsp3) is 0.909. The van der Waals surface area contributed by atoms with Gasteiger partial charge in [0.15, 0.2) is 0 Å². The van der Waals surface area contributed by atoms with E-state index in [4.69, 9.17) is 10.5 Å². The smallest absolute Gasteiger partial charge is 0.239 e. The first-order valence-electron chi connectivity index (χ1n) is 5.64. The molecule has 0 spiro atoms. The third-order valence-corrected chi connectivity index (χ3v) is 2.88. The van der Waals surface area contributed by atoms with Crippen LogP contribution in [0.3, 0.4) is 0 Å². The average Bonchev–Trinajstić information content (AvgIpc) is 2.67. The number of halogens is 1. The van der Waals surface area contributed by atoms with Crippen LogP contribution in [-0.2, 0) is 9.53 Å². The number of ether oxygens (including phenoxy) is 1. The summed E-state index contributed by atoms with van der Waals surface area (Å²) < 4.78 is 5.48. The third-order valence-electron chi connectivity index (χ3n) is 2.88. The second-order valence-electron chi connectivity index (χ2n) is 4.62. The largest absolute Gasteiger partial charge is 0.376 e. The van der Waals surface area contributed by atoms with Crippen molar-refractivity contribution < 1.29 is 9.53 Å². The number of hydrogen-bond acceptors (Lipinski definition) is 3. The lowest BCUT2D eigenvalue weighted by molar-refractivity contribution is -0.133. The molecule has 2 atom stereocenters. The highest BCUT2D eigenvalue weighted by Crippen LogP contribution is 2.13. The van der Waals surface area contributed by atoms with Crippen LogP contribution in [0.25, 0.3) is 0 Å². The van der Waals surface area contributed by atoms with Crippen molar-refractivity contribution in [3.8, 4) is 0 Å². The Morgan fingerprint density at radius 2 is 2.19 bits per heavy atom. The van der Waals surface area contributed by atoms with E-state index in [-0.39, 0.29) is 30.3 Å². The zero-order chi connectivity index (χ0) is 11.4.